The zero-order valence-corrected chi connectivity index (χ0v) is 8.51. The molecule has 2 rings (SSSR count). The summed E-state index contributed by atoms with van der Waals surface area (Å²) in [4.78, 5) is 11.5. The van der Waals surface area contributed by atoms with Gasteiger partial charge in [0.1, 0.15) is 0 Å². The van der Waals surface area contributed by atoms with Crippen molar-refractivity contribution in [3.8, 4) is 0 Å². The van der Waals surface area contributed by atoms with E-state index in [-0.39, 0.29) is 11.9 Å². The smallest absolute Gasteiger partial charge is 0.272 e. The summed E-state index contributed by atoms with van der Waals surface area (Å²) in [5, 5.41) is 11.5. The highest BCUT2D eigenvalue weighted by molar-refractivity contribution is 7.03. The average Bonchev–Trinajstić information content (AvgIpc) is 2.72. The van der Waals surface area contributed by atoms with E-state index in [1.54, 1.807) is 5.38 Å². The number of nitrogens with one attached hydrogen (secondary N) is 2. The molecule has 76 valence electrons. The molecule has 14 heavy (non-hydrogen) atoms. The molecule has 6 heteroatoms. The van der Waals surface area contributed by atoms with Crippen LogP contribution in [0.25, 0.3) is 0 Å². The second kappa shape index (κ2) is 4.47. The highest BCUT2D eigenvalue weighted by Crippen LogP contribution is 2.03. The minimum absolute atomic E-state index is 0.118. The van der Waals surface area contributed by atoms with E-state index < -0.39 is 0 Å². The third-order valence-electron chi connectivity index (χ3n) is 2.22. The Morgan fingerprint density at radius 3 is 3.29 bits per heavy atom. The van der Waals surface area contributed by atoms with Gasteiger partial charge in [0.25, 0.3) is 5.91 Å². The lowest BCUT2D eigenvalue weighted by Gasteiger charge is -2.23. The summed E-state index contributed by atoms with van der Waals surface area (Å²) in [5.74, 6) is -0.118. The van der Waals surface area contributed by atoms with E-state index in [1.165, 1.54) is 11.5 Å². The molecule has 1 amide bonds. The quantitative estimate of drug-likeness (QED) is 0.725. The standard InChI is InChI=1S/C8H12N4OS/c13-8(7-5-14-12-11-7)10-6-2-1-3-9-4-6/h5-6,9H,1-4H2,(H,10,13). The van der Waals surface area contributed by atoms with Crippen LogP contribution in [0.2, 0.25) is 0 Å². The van der Waals surface area contributed by atoms with Crippen LogP contribution in [0.5, 0.6) is 0 Å². The average molecular weight is 212 g/mol. The molecule has 1 unspecified atom stereocenters. The third-order valence-corrected chi connectivity index (χ3v) is 2.73. The summed E-state index contributed by atoms with van der Waals surface area (Å²) < 4.78 is 3.65. The van der Waals surface area contributed by atoms with Crippen molar-refractivity contribution in [3.05, 3.63) is 11.1 Å². The SMILES string of the molecule is O=C(NC1CCCNC1)c1csnn1. The third kappa shape index (κ3) is 2.27. The maximum absolute atomic E-state index is 11.5. The fourth-order valence-electron chi connectivity index (χ4n) is 1.50. The van der Waals surface area contributed by atoms with Gasteiger partial charge < -0.3 is 10.6 Å². The Labute approximate surface area is 86.1 Å². The molecule has 1 saturated heterocycles. The molecule has 1 aromatic heterocycles. The van der Waals surface area contributed by atoms with Gasteiger partial charge in [-0.3, -0.25) is 4.79 Å². The molecule has 0 saturated carbocycles. The molecule has 0 aromatic carbocycles. The highest BCUT2D eigenvalue weighted by Gasteiger charge is 2.17. The van der Waals surface area contributed by atoms with Crippen molar-refractivity contribution in [2.45, 2.75) is 18.9 Å². The Morgan fingerprint density at radius 1 is 1.71 bits per heavy atom. The van der Waals surface area contributed by atoms with Gasteiger partial charge in [-0.2, -0.15) is 0 Å². The molecule has 0 aliphatic carbocycles. The Morgan fingerprint density at radius 2 is 2.64 bits per heavy atom. The second-order valence-corrected chi connectivity index (χ2v) is 3.92. The van der Waals surface area contributed by atoms with Crippen LogP contribution < -0.4 is 10.6 Å². The Hall–Kier alpha value is -1.01. The number of piperidine rings is 1. The molecule has 1 aliphatic rings. The molecule has 2 heterocycles. The molecule has 1 fully saturated rings. The highest BCUT2D eigenvalue weighted by atomic mass is 32.1. The van der Waals surface area contributed by atoms with Crippen LogP contribution in [-0.2, 0) is 0 Å². The zero-order chi connectivity index (χ0) is 9.80. The lowest BCUT2D eigenvalue weighted by molar-refractivity contribution is 0.0925. The summed E-state index contributed by atoms with van der Waals surface area (Å²) in [6.07, 6.45) is 2.15. The first kappa shape index (κ1) is 9.54. The Kier molecular flexibility index (Phi) is 3.05. The minimum Gasteiger partial charge on any atom is -0.347 e. The van der Waals surface area contributed by atoms with Crippen LogP contribution in [0.15, 0.2) is 5.38 Å². The number of nitrogens with zero attached hydrogens (tertiary/aromatic N) is 2. The number of rotatable bonds is 2. The van der Waals surface area contributed by atoms with Crippen LogP contribution in [0.1, 0.15) is 23.3 Å². The molecule has 1 aliphatic heterocycles. The van der Waals surface area contributed by atoms with Crippen molar-refractivity contribution in [2.75, 3.05) is 13.1 Å². The zero-order valence-electron chi connectivity index (χ0n) is 7.69. The Bertz CT molecular complexity index is 294. The van der Waals surface area contributed by atoms with E-state index in [2.05, 4.69) is 20.2 Å². The normalized spacial score (nSPS) is 21.9. The van der Waals surface area contributed by atoms with Crippen LogP contribution in [0.4, 0.5) is 0 Å². The molecule has 5 nitrogen and oxygen atoms in total. The number of carbonyl (C=O) groups excluding carboxylic acids is 1. The summed E-state index contributed by atoms with van der Waals surface area (Å²) in [6, 6.07) is 0.234. The van der Waals surface area contributed by atoms with Crippen LogP contribution in [0, 0.1) is 0 Å². The lowest BCUT2D eigenvalue weighted by atomic mass is 10.1. The first-order valence-electron chi connectivity index (χ1n) is 4.65. The number of hydrogen-bond donors (Lipinski definition) is 2. The van der Waals surface area contributed by atoms with Gasteiger partial charge >= 0.3 is 0 Å². The van der Waals surface area contributed by atoms with Gasteiger partial charge in [0.15, 0.2) is 5.69 Å². The first-order chi connectivity index (χ1) is 6.86. The van der Waals surface area contributed by atoms with Gasteiger partial charge in [0, 0.05) is 18.0 Å². The predicted octanol–water partition coefficient (Wildman–Crippen LogP) is 0.0199. The topological polar surface area (TPSA) is 66.9 Å². The van der Waals surface area contributed by atoms with Crippen LogP contribution in [0.3, 0.4) is 0 Å². The number of aromatic nitrogens is 2. The number of carbonyl (C=O) groups is 1. The van der Waals surface area contributed by atoms with E-state index in [9.17, 15) is 4.79 Å². The van der Waals surface area contributed by atoms with Crippen LogP contribution in [-0.4, -0.2) is 34.6 Å². The number of hydrogen-bond acceptors (Lipinski definition) is 5. The van der Waals surface area contributed by atoms with Gasteiger partial charge in [-0.05, 0) is 30.9 Å². The first-order valence-corrected chi connectivity index (χ1v) is 5.48. The van der Waals surface area contributed by atoms with Crippen LogP contribution >= 0.6 is 11.5 Å². The molecule has 0 spiro atoms. The van der Waals surface area contributed by atoms with Crippen molar-refractivity contribution in [3.63, 3.8) is 0 Å². The molecule has 1 aromatic rings. The van der Waals surface area contributed by atoms with Crippen molar-refractivity contribution < 1.29 is 4.79 Å². The van der Waals surface area contributed by atoms with E-state index in [1.807, 2.05) is 0 Å². The monoisotopic (exact) mass is 212 g/mol. The van der Waals surface area contributed by atoms with Crippen molar-refractivity contribution in [1.29, 1.82) is 0 Å². The van der Waals surface area contributed by atoms with E-state index >= 15 is 0 Å². The lowest BCUT2D eigenvalue weighted by Crippen LogP contribution is -2.45. The second-order valence-electron chi connectivity index (χ2n) is 3.31. The van der Waals surface area contributed by atoms with Crippen molar-refractivity contribution >= 4 is 17.4 Å². The fourth-order valence-corrected chi connectivity index (χ4v) is 1.93. The summed E-state index contributed by atoms with van der Waals surface area (Å²) in [6.45, 7) is 1.90. The summed E-state index contributed by atoms with van der Waals surface area (Å²) in [7, 11) is 0. The molecular formula is C8H12N4OS. The summed E-state index contributed by atoms with van der Waals surface area (Å²) >= 11 is 1.19. The maximum atomic E-state index is 11.5. The van der Waals surface area contributed by atoms with Gasteiger partial charge in [-0.15, -0.1) is 5.10 Å². The Balaban J connectivity index is 1.87. The largest absolute Gasteiger partial charge is 0.347 e. The van der Waals surface area contributed by atoms with E-state index in [4.69, 9.17) is 0 Å². The fraction of sp³-hybridized carbons (Fsp3) is 0.625. The van der Waals surface area contributed by atoms with Gasteiger partial charge in [0.2, 0.25) is 0 Å². The number of amides is 1. The molecule has 1 atom stereocenters. The summed E-state index contributed by atoms with van der Waals surface area (Å²) in [5.41, 5.74) is 0.417. The molecular weight excluding hydrogens is 200 g/mol. The predicted molar refractivity (Wildman–Crippen MR) is 53.3 cm³/mol. The molecule has 0 bridgehead atoms. The van der Waals surface area contributed by atoms with E-state index in [0.29, 0.717) is 5.69 Å². The van der Waals surface area contributed by atoms with Crippen molar-refractivity contribution in [1.82, 2.24) is 20.2 Å². The molecule has 0 radical (unpaired) electrons. The van der Waals surface area contributed by atoms with Gasteiger partial charge in [-0.1, -0.05) is 4.49 Å². The van der Waals surface area contributed by atoms with Gasteiger partial charge in [0.05, 0.1) is 0 Å². The van der Waals surface area contributed by atoms with E-state index in [0.717, 1.165) is 25.9 Å². The maximum Gasteiger partial charge on any atom is 0.272 e. The molecule has 2 N–H and O–H groups in total. The minimum atomic E-state index is -0.118. The van der Waals surface area contributed by atoms with Crippen molar-refractivity contribution in [2.24, 2.45) is 0 Å². The van der Waals surface area contributed by atoms with Gasteiger partial charge in [-0.25, -0.2) is 0 Å².